The number of hydrogen-bond donors (Lipinski definition) is 1. The quantitative estimate of drug-likeness (QED) is 0.942. The molecule has 0 aliphatic rings. The Kier molecular flexibility index (Phi) is 4.39. The highest BCUT2D eigenvalue weighted by Gasteiger charge is 2.16. The van der Waals surface area contributed by atoms with Crippen LogP contribution in [0.15, 0.2) is 24.5 Å². The lowest BCUT2D eigenvalue weighted by molar-refractivity contribution is 0.0937. The van der Waals surface area contributed by atoms with Crippen molar-refractivity contribution < 1.29 is 4.79 Å². The first-order valence-corrected chi connectivity index (χ1v) is 6.84. The molecule has 0 radical (unpaired) electrons. The van der Waals surface area contributed by atoms with Crippen LogP contribution in [-0.4, -0.2) is 20.7 Å². The maximum Gasteiger partial charge on any atom is 0.251 e. The Morgan fingerprint density at radius 1 is 1.45 bits per heavy atom. The van der Waals surface area contributed by atoms with Gasteiger partial charge in [0.1, 0.15) is 12.2 Å². The minimum Gasteiger partial charge on any atom is -0.342 e. The SMILES string of the molecule is CCn1ncnc1C(C)NC(=O)c1cc(C)cc(Cl)c1. The molecule has 2 aromatic rings. The van der Waals surface area contributed by atoms with E-state index in [9.17, 15) is 4.79 Å². The Labute approximate surface area is 123 Å². The molecule has 0 saturated heterocycles. The molecular formula is C14H17ClN4O. The minimum absolute atomic E-state index is 0.172. The molecule has 0 aliphatic heterocycles. The molecule has 6 heteroatoms. The number of amides is 1. The van der Waals surface area contributed by atoms with E-state index >= 15 is 0 Å². The van der Waals surface area contributed by atoms with Gasteiger partial charge in [-0.1, -0.05) is 11.6 Å². The zero-order valence-corrected chi connectivity index (χ0v) is 12.5. The summed E-state index contributed by atoms with van der Waals surface area (Å²) < 4.78 is 1.76. The van der Waals surface area contributed by atoms with Gasteiger partial charge in [-0.15, -0.1) is 0 Å². The second-order valence-electron chi connectivity index (χ2n) is 4.65. The van der Waals surface area contributed by atoms with Gasteiger partial charge in [-0.2, -0.15) is 5.10 Å². The van der Waals surface area contributed by atoms with Crippen LogP contribution in [-0.2, 0) is 6.54 Å². The Bertz CT molecular complexity index is 603. The number of rotatable bonds is 4. The molecule has 20 heavy (non-hydrogen) atoms. The van der Waals surface area contributed by atoms with E-state index in [2.05, 4.69) is 15.4 Å². The highest BCUT2D eigenvalue weighted by atomic mass is 35.5. The molecule has 0 fully saturated rings. The van der Waals surface area contributed by atoms with Crippen molar-refractivity contribution >= 4 is 17.5 Å². The van der Waals surface area contributed by atoms with Crippen molar-refractivity contribution in [1.82, 2.24) is 20.1 Å². The van der Waals surface area contributed by atoms with Crippen LogP contribution in [0, 0.1) is 6.92 Å². The summed E-state index contributed by atoms with van der Waals surface area (Å²) in [6, 6.07) is 5.05. The van der Waals surface area contributed by atoms with Crippen LogP contribution in [0.2, 0.25) is 5.02 Å². The first-order chi connectivity index (χ1) is 9.51. The maximum atomic E-state index is 12.2. The predicted molar refractivity (Wildman–Crippen MR) is 77.8 cm³/mol. The summed E-state index contributed by atoms with van der Waals surface area (Å²) in [6.45, 7) is 6.48. The van der Waals surface area contributed by atoms with Gasteiger partial charge in [0.05, 0.1) is 6.04 Å². The summed E-state index contributed by atoms with van der Waals surface area (Å²) in [7, 11) is 0. The van der Waals surface area contributed by atoms with Crippen LogP contribution >= 0.6 is 11.6 Å². The van der Waals surface area contributed by atoms with Crippen LogP contribution in [0.4, 0.5) is 0 Å². The van der Waals surface area contributed by atoms with Crippen molar-refractivity contribution in [3.8, 4) is 0 Å². The van der Waals surface area contributed by atoms with E-state index in [1.165, 1.54) is 6.33 Å². The molecule has 0 aliphatic carbocycles. The van der Waals surface area contributed by atoms with Crippen LogP contribution in [0.25, 0.3) is 0 Å². The van der Waals surface area contributed by atoms with Gasteiger partial charge in [-0.25, -0.2) is 9.67 Å². The second kappa shape index (κ2) is 6.05. The molecule has 1 unspecified atom stereocenters. The van der Waals surface area contributed by atoms with Gasteiger partial charge >= 0.3 is 0 Å². The third-order valence-electron chi connectivity index (χ3n) is 2.98. The lowest BCUT2D eigenvalue weighted by Crippen LogP contribution is -2.29. The molecule has 1 aromatic heterocycles. The summed E-state index contributed by atoms with van der Waals surface area (Å²) in [5.41, 5.74) is 1.50. The largest absolute Gasteiger partial charge is 0.342 e. The molecular weight excluding hydrogens is 276 g/mol. The predicted octanol–water partition coefficient (Wildman–Crippen LogP) is 2.75. The van der Waals surface area contributed by atoms with E-state index in [1.807, 2.05) is 26.8 Å². The fourth-order valence-electron chi connectivity index (χ4n) is 2.06. The van der Waals surface area contributed by atoms with Crippen molar-refractivity contribution in [3.05, 3.63) is 46.5 Å². The van der Waals surface area contributed by atoms with E-state index in [1.54, 1.807) is 16.8 Å². The third-order valence-corrected chi connectivity index (χ3v) is 3.20. The van der Waals surface area contributed by atoms with E-state index in [-0.39, 0.29) is 11.9 Å². The number of nitrogens with one attached hydrogen (secondary N) is 1. The maximum absolute atomic E-state index is 12.2. The second-order valence-corrected chi connectivity index (χ2v) is 5.08. The molecule has 0 bridgehead atoms. The molecule has 1 heterocycles. The van der Waals surface area contributed by atoms with E-state index in [0.29, 0.717) is 17.1 Å². The van der Waals surface area contributed by atoms with Gasteiger partial charge < -0.3 is 5.32 Å². The smallest absolute Gasteiger partial charge is 0.251 e. The molecule has 2 rings (SSSR count). The lowest BCUT2D eigenvalue weighted by atomic mass is 10.1. The zero-order chi connectivity index (χ0) is 14.7. The monoisotopic (exact) mass is 292 g/mol. The number of carbonyl (C=O) groups is 1. The summed E-state index contributed by atoms with van der Waals surface area (Å²) in [4.78, 5) is 16.4. The minimum atomic E-state index is -0.218. The van der Waals surface area contributed by atoms with Crippen LogP contribution in [0.3, 0.4) is 0 Å². The van der Waals surface area contributed by atoms with Crippen molar-refractivity contribution in [1.29, 1.82) is 0 Å². The van der Waals surface area contributed by atoms with Gasteiger partial charge in [0.25, 0.3) is 5.91 Å². The first-order valence-electron chi connectivity index (χ1n) is 6.47. The van der Waals surface area contributed by atoms with E-state index < -0.39 is 0 Å². The number of hydrogen-bond acceptors (Lipinski definition) is 3. The number of benzene rings is 1. The van der Waals surface area contributed by atoms with E-state index in [0.717, 1.165) is 11.4 Å². The Balaban J connectivity index is 2.15. The summed E-state index contributed by atoms with van der Waals surface area (Å²) in [6.07, 6.45) is 1.49. The number of carbonyl (C=O) groups excluding carboxylic acids is 1. The molecule has 0 spiro atoms. The van der Waals surface area contributed by atoms with E-state index in [4.69, 9.17) is 11.6 Å². The number of halogens is 1. The number of aromatic nitrogens is 3. The molecule has 0 saturated carbocycles. The van der Waals surface area contributed by atoms with Crippen molar-refractivity contribution in [3.63, 3.8) is 0 Å². The highest BCUT2D eigenvalue weighted by molar-refractivity contribution is 6.31. The standard InChI is InChI=1S/C14H17ClN4O/c1-4-19-13(16-8-17-19)10(3)18-14(20)11-5-9(2)6-12(15)7-11/h5-8,10H,4H2,1-3H3,(H,18,20). The van der Waals surface area contributed by atoms with Crippen LogP contribution in [0.1, 0.15) is 41.6 Å². The van der Waals surface area contributed by atoms with Crippen molar-refractivity contribution in [2.75, 3.05) is 0 Å². The fraction of sp³-hybridized carbons (Fsp3) is 0.357. The summed E-state index contributed by atoms with van der Waals surface area (Å²) in [5, 5.41) is 7.56. The highest BCUT2D eigenvalue weighted by Crippen LogP contribution is 2.16. The normalized spacial score (nSPS) is 12.2. The van der Waals surface area contributed by atoms with Gasteiger partial charge in [0.2, 0.25) is 0 Å². The average Bonchev–Trinajstić information content (AvgIpc) is 2.85. The molecule has 1 N–H and O–H groups in total. The molecule has 5 nitrogen and oxygen atoms in total. The first kappa shape index (κ1) is 14.5. The van der Waals surface area contributed by atoms with Gasteiger partial charge in [0, 0.05) is 17.1 Å². The molecule has 1 aromatic carbocycles. The molecule has 1 atom stereocenters. The zero-order valence-electron chi connectivity index (χ0n) is 11.7. The number of nitrogens with zero attached hydrogens (tertiary/aromatic N) is 3. The summed E-state index contributed by atoms with van der Waals surface area (Å²) in [5.74, 6) is 0.563. The Morgan fingerprint density at radius 2 is 2.20 bits per heavy atom. The van der Waals surface area contributed by atoms with Crippen molar-refractivity contribution in [2.24, 2.45) is 0 Å². The van der Waals surface area contributed by atoms with Gasteiger partial charge in [0.15, 0.2) is 0 Å². The average molecular weight is 293 g/mol. The Morgan fingerprint density at radius 3 is 2.85 bits per heavy atom. The van der Waals surface area contributed by atoms with Gasteiger partial charge in [-0.3, -0.25) is 4.79 Å². The van der Waals surface area contributed by atoms with Crippen LogP contribution < -0.4 is 5.32 Å². The molecule has 1 amide bonds. The Hall–Kier alpha value is -1.88. The fourth-order valence-corrected chi connectivity index (χ4v) is 2.35. The number of aryl methyl sites for hydroxylation is 2. The molecule has 106 valence electrons. The van der Waals surface area contributed by atoms with Crippen LogP contribution in [0.5, 0.6) is 0 Å². The summed E-state index contributed by atoms with van der Waals surface area (Å²) >= 11 is 5.97. The van der Waals surface area contributed by atoms with Gasteiger partial charge in [-0.05, 0) is 44.5 Å². The topological polar surface area (TPSA) is 59.8 Å². The lowest BCUT2D eigenvalue weighted by Gasteiger charge is -2.14. The van der Waals surface area contributed by atoms with Crippen molar-refractivity contribution in [2.45, 2.75) is 33.4 Å². The third kappa shape index (κ3) is 3.17.